The molecular weight excluding hydrogens is 454 g/mol. The zero-order valence-corrected chi connectivity index (χ0v) is 21.3. The number of nitrogens with zero attached hydrogens (tertiary/aromatic N) is 5. The van der Waals surface area contributed by atoms with E-state index in [-0.39, 0.29) is 11.9 Å². The third-order valence-electron chi connectivity index (χ3n) is 6.23. The molecule has 4 rings (SSSR count). The van der Waals surface area contributed by atoms with Crippen LogP contribution in [-0.4, -0.2) is 78.4 Å². The zero-order valence-electron chi connectivity index (χ0n) is 20.5. The summed E-state index contributed by atoms with van der Waals surface area (Å²) in [7, 11) is 3.31. The van der Waals surface area contributed by atoms with E-state index in [4.69, 9.17) is 14.2 Å². The van der Waals surface area contributed by atoms with Crippen LogP contribution in [0.15, 0.2) is 23.4 Å². The molecule has 1 unspecified atom stereocenters. The van der Waals surface area contributed by atoms with Crippen LogP contribution in [0, 0.1) is 5.92 Å². The maximum absolute atomic E-state index is 13.3. The number of benzene rings is 1. The van der Waals surface area contributed by atoms with Gasteiger partial charge in [0, 0.05) is 31.7 Å². The molecule has 2 fully saturated rings. The molecule has 0 spiro atoms. The fraction of sp³-hybridized carbons (Fsp3) is 0.625. The highest BCUT2D eigenvalue weighted by Gasteiger charge is 2.32. The summed E-state index contributed by atoms with van der Waals surface area (Å²) in [6.07, 6.45) is 1.87. The van der Waals surface area contributed by atoms with Crippen LogP contribution in [-0.2, 0) is 16.1 Å². The van der Waals surface area contributed by atoms with Crippen molar-refractivity contribution in [2.45, 2.75) is 44.4 Å². The van der Waals surface area contributed by atoms with Crippen molar-refractivity contribution in [3.05, 3.63) is 23.8 Å². The molecule has 0 N–H and O–H groups in total. The maximum Gasteiger partial charge on any atom is 0.233 e. The monoisotopic (exact) mass is 489 g/mol. The Morgan fingerprint density at radius 3 is 2.68 bits per heavy atom. The quantitative estimate of drug-likeness (QED) is 0.497. The van der Waals surface area contributed by atoms with Crippen molar-refractivity contribution in [1.82, 2.24) is 19.7 Å². The Kier molecular flexibility index (Phi) is 8.20. The molecule has 0 radical (unpaired) electrons. The summed E-state index contributed by atoms with van der Waals surface area (Å²) in [5, 5.41) is 9.73. The maximum atomic E-state index is 13.3. The third kappa shape index (κ3) is 5.43. The van der Waals surface area contributed by atoms with Crippen molar-refractivity contribution >= 4 is 23.6 Å². The van der Waals surface area contributed by atoms with Crippen LogP contribution in [0.4, 0.5) is 5.95 Å². The molecule has 3 heterocycles. The first-order valence-corrected chi connectivity index (χ1v) is 12.9. The number of rotatable bonds is 9. The van der Waals surface area contributed by atoms with Gasteiger partial charge in [-0.15, -0.1) is 10.2 Å². The van der Waals surface area contributed by atoms with Gasteiger partial charge in [-0.2, -0.15) is 0 Å². The Morgan fingerprint density at radius 2 is 1.97 bits per heavy atom. The number of carbonyl (C=O) groups excluding carboxylic acids is 1. The van der Waals surface area contributed by atoms with Crippen molar-refractivity contribution in [2.24, 2.45) is 5.92 Å². The van der Waals surface area contributed by atoms with E-state index in [9.17, 15) is 4.79 Å². The van der Waals surface area contributed by atoms with E-state index in [1.165, 1.54) is 11.8 Å². The minimum absolute atomic E-state index is 0.0180. The van der Waals surface area contributed by atoms with Crippen molar-refractivity contribution in [2.75, 3.05) is 57.7 Å². The van der Waals surface area contributed by atoms with Crippen LogP contribution in [0.3, 0.4) is 0 Å². The number of morpholine rings is 1. The number of likely N-dealkylation sites (tertiary alicyclic amines) is 1. The van der Waals surface area contributed by atoms with Gasteiger partial charge in [0.1, 0.15) is 11.5 Å². The first-order valence-electron chi connectivity index (χ1n) is 11.9. The van der Waals surface area contributed by atoms with Crippen molar-refractivity contribution in [3.63, 3.8) is 0 Å². The Hall–Kier alpha value is -2.46. The highest BCUT2D eigenvalue weighted by atomic mass is 32.2. The molecule has 1 amide bonds. The third-order valence-corrected chi connectivity index (χ3v) is 7.18. The SMILES string of the molecule is COc1ccc(OC)c(C2CCCN2C(=O)CSc2nnc(N3CCOCC3)n2CC(C)C)c1. The first-order chi connectivity index (χ1) is 16.5. The van der Waals surface area contributed by atoms with Gasteiger partial charge in [-0.3, -0.25) is 9.36 Å². The zero-order chi connectivity index (χ0) is 24.1. The van der Waals surface area contributed by atoms with E-state index in [1.54, 1.807) is 14.2 Å². The number of methoxy groups -OCH3 is 2. The number of thioether (sulfide) groups is 1. The number of hydrogen-bond acceptors (Lipinski definition) is 8. The molecule has 2 aromatic rings. The Labute approximate surface area is 205 Å². The topological polar surface area (TPSA) is 82.0 Å². The van der Waals surface area contributed by atoms with Crippen molar-refractivity contribution in [3.8, 4) is 11.5 Å². The molecule has 0 saturated carbocycles. The lowest BCUT2D eigenvalue weighted by Crippen LogP contribution is -2.38. The van der Waals surface area contributed by atoms with Crippen LogP contribution in [0.1, 0.15) is 38.3 Å². The summed E-state index contributed by atoms with van der Waals surface area (Å²) in [5.41, 5.74) is 0.996. The lowest BCUT2D eigenvalue weighted by atomic mass is 10.0. The van der Waals surface area contributed by atoms with Gasteiger partial charge < -0.3 is 24.0 Å². The molecule has 2 aliphatic heterocycles. The van der Waals surface area contributed by atoms with Gasteiger partial charge in [-0.1, -0.05) is 25.6 Å². The first kappa shape index (κ1) is 24.7. The van der Waals surface area contributed by atoms with Crippen molar-refractivity contribution < 1.29 is 19.0 Å². The highest BCUT2D eigenvalue weighted by Crippen LogP contribution is 2.39. The molecule has 2 saturated heterocycles. The average Bonchev–Trinajstić information content (AvgIpc) is 3.50. The number of ether oxygens (including phenoxy) is 3. The Balaban J connectivity index is 1.48. The fourth-order valence-corrected chi connectivity index (χ4v) is 5.44. The highest BCUT2D eigenvalue weighted by molar-refractivity contribution is 7.99. The number of hydrogen-bond donors (Lipinski definition) is 0. The van der Waals surface area contributed by atoms with Gasteiger partial charge in [0.2, 0.25) is 11.9 Å². The van der Waals surface area contributed by atoms with E-state index in [1.807, 2.05) is 23.1 Å². The van der Waals surface area contributed by atoms with Gasteiger partial charge in [0.15, 0.2) is 5.16 Å². The van der Waals surface area contributed by atoms with E-state index < -0.39 is 0 Å². The number of aromatic nitrogens is 3. The van der Waals surface area contributed by atoms with Gasteiger partial charge in [0.25, 0.3) is 0 Å². The number of amides is 1. The van der Waals surface area contributed by atoms with E-state index >= 15 is 0 Å². The Morgan fingerprint density at radius 1 is 1.18 bits per heavy atom. The molecular formula is C24H35N5O4S. The second-order valence-electron chi connectivity index (χ2n) is 9.03. The summed E-state index contributed by atoms with van der Waals surface area (Å²) >= 11 is 1.47. The van der Waals surface area contributed by atoms with Crippen LogP contribution in [0.2, 0.25) is 0 Å². The summed E-state index contributed by atoms with van der Waals surface area (Å²) in [6.45, 7) is 8.90. The minimum Gasteiger partial charge on any atom is -0.497 e. The smallest absolute Gasteiger partial charge is 0.233 e. The summed E-state index contributed by atoms with van der Waals surface area (Å²) in [5.74, 6) is 3.28. The summed E-state index contributed by atoms with van der Waals surface area (Å²) in [4.78, 5) is 17.5. The fourth-order valence-electron chi connectivity index (χ4n) is 4.61. The standard InChI is InChI=1S/C24H35N5O4S/c1-17(2)15-29-23(27-10-12-33-13-11-27)25-26-24(29)34-16-22(30)28-9-5-6-20(28)19-14-18(31-3)7-8-21(19)32-4/h7-8,14,17,20H,5-6,9-13,15-16H2,1-4H3. The Bertz CT molecular complexity index is 976. The van der Waals surface area contributed by atoms with E-state index in [0.29, 0.717) is 24.9 Å². The number of carbonyl (C=O) groups is 1. The molecule has 1 atom stereocenters. The summed E-state index contributed by atoms with van der Waals surface area (Å²) in [6, 6.07) is 5.75. The molecule has 34 heavy (non-hydrogen) atoms. The van der Waals surface area contributed by atoms with Crippen molar-refractivity contribution in [1.29, 1.82) is 0 Å². The van der Waals surface area contributed by atoms with Gasteiger partial charge in [-0.05, 0) is 37.0 Å². The van der Waals surface area contributed by atoms with Crippen LogP contribution >= 0.6 is 11.8 Å². The lowest BCUT2D eigenvalue weighted by molar-refractivity contribution is -0.129. The van der Waals surface area contributed by atoms with Crippen LogP contribution < -0.4 is 14.4 Å². The van der Waals surface area contributed by atoms with Crippen LogP contribution in [0.5, 0.6) is 11.5 Å². The summed E-state index contributed by atoms with van der Waals surface area (Å²) < 4.78 is 18.7. The molecule has 186 valence electrons. The second-order valence-corrected chi connectivity index (χ2v) is 9.97. The predicted molar refractivity (Wildman–Crippen MR) is 132 cm³/mol. The average molecular weight is 490 g/mol. The van der Waals surface area contributed by atoms with Gasteiger partial charge in [-0.25, -0.2) is 0 Å². The molecule has 0 bridgehead atoms. The normalized spacial score (nSPS) is 18.6. The molecule has 1 aromatic heterocycles. The minimum atomic E-state index is -0.0180. The predicted octanol–water partition coefficient (Wildman–Crippen LogP) is 3.24. The molecule has 1 aromatic carbocycles. The second kappa shape index (κ2) is 11.3. The van der Waals surface area contributed by atoms with E-state index in [0.717, 1.165) is 67.2 Å². The number of anilines is 1. The van der Waals surface area contributed by atoms with Crippen LogP contribution in [0.25, 0.3) is 0 Å². The van der Waals surface area contributed by atoms with Gasteiger partial charge >= 0.3 is 0 Å². The van der Waals surface area contributed by atoms with Gasteiger partial charge in [0.05, 0.1) is 39.2 Å². The molecule has 2 aliphatic rings. The molecule has 0 aliphatic carbocycles. The lowest BCUT2D eigenvalue weighted by Gasteiger charge is -2.28. The molecule has 10 heteroatoms. The molecule has 9 nitrogen and oxygen atoms in total. The van der Waals surface area contributed by atoms with E-state index in [2.05, 4.69) is 33.5 Å². The largest absolute Gasteiger partial charge is 0.497 e.